The summed E-state index contributed by atoms with van der Waals surface area (Å²) < 4.78 is 4.73. The summed E-state index contributed by atoms with van der Waals surface area (Å²) in [5.41, 5.74) is 0.957. The number of rotatable bonds is 5. The predicted molar refractivity (Wildman–Crippen MR) is 70.7 cm³/mol. The van der Waals surface area contributed by atoms with Crippen molar-refractivity contribution in [2.75, 3.05) is 19.0 Å². The van der Waals surface area contributed by atoms with E-state index in [9.17, 15) is 9.59 Å². The Morgan fingerprint density at radius 1 is 1.22 bits per heavy atom. The van der Waals surface area contributed by atoms with Crippen LogP contribution in [-0.4, -0.2) is 25.4 Å². The van der Waals surface area contributed by atoms with Gasteiger partial charge in [-0.2, -0.15) is 0 Å². The Kier molecular flexibility index (Phi) is 4.48. The van der Waals surface area contributed by atoms with Crippen molar-refractivity contribution in [3.8, 4) is 0 Å². The molecule has 0 amide bonds. The van der Waals surface area contributed by atoms with Crippen LogP contribution in [0.2, 0.25) is 0 Å². The first-order valence-electron chi connectivity index (χ1n) is 5.80. The van der Waals surface area contributed by atoms with Gasteiger partial charge in [-0.05, 0) is 45.0 Å². The number of carbonyl (C=O) groups excluding carboxylic acids is 2. The topological polar surface area (TPSA) is 55.4 Å². The predicted octanol–water partition coefficient (Wildman–Crippen LogP) is 2.50. The van der Waals surface area contributed by atoms with E-state index < -0.39 is 5.41 Å². The third-order valence-corrected chi connectivity index (χ3v) is 2.76. The van der Waals surface area contributed by atoms with E-state index in [1.807, 2.05) is 26.0 Å². The third-order valence-electron chi connectivity index (χ3n) is 2.76. The van der Waals surface area contributed by atoms with E-state index >= 15 is 0 Å². The first-order chi connectivity index (χ1) is 8.36. The quantitative estimate of drug-likeness (QED) is 0.643. The second kappa shape index (κ2) is 5.67. The van der Waals surface area contributed by atoms with Gasteiger partial charge in [-0.15, -0.1) is 0 Å². The molecule has 1 N–H and O–H groups in total. The second-order valence-corrected chi connectivity index (χ2v) is 4.86. The lowest BCUT2D eigenvalue weighted by Gasteiger charge is -2.22. The van der Waals surface area contributed by atoms with Crippen molar-refractivity contribution in [2.24, 2.45) is 5.41 Å². The molecule has 0 heterocycles. The molecular formula is C14H19NO3. The highest BCUT2D eigenvalue weighted by molar-refractivity contribution is 5.94. The molecule has 0 bridgehead atoms. The molecule has 1 aromatic rings. The number of hydrogen-bond donors (Lipinski definition) is 1. The number of carbonyl (C=O) groups is 2. The molecule has 0 atom stereocenters. The summed E-state index contributed by atoms with van der Waals surface area (Å²) in [6.45, 7) is 5.63. The highest BCUT2D eigenvalue weighted by Crippen LogP contribution is 2.19. The fraction of sp³-hybridized carbons (Fsp3) is 0.429. The highest BCUT2D eigenvalue weighted by Gasteiger charge is 2.28. The maximum absolute atomic E-state index is 11.5. The number of ketones is 1. The first-order valence-corrected chi connectivity index (χ1v) is 5.80. The zero-order valence-electron chi connectivity index (χ0n) is 11.2. The molecule has 0 fully saturated rings. The van der Waals surface area contributed by atoms with Crippen molar-refractivity contribution in [2.45, 2.75) is 20.8 Å². The maximum atomic E-state index is 11.5. The van der Waals surface area contributed by atoms with E-state index in [1.54, 1.807) is 12.1 Å². The van der Waals surface area contributed by atoms with Crippen LogP contribution >= 0.6 is 0 Å². The van der Waals surface area contributed by atoms with E-state index in [0.717, 1.165) is 5.69 Å². The molecule has 0 radical (unpaired) electrons. The molecule has 0 saturated heterocycles. The molecule has 4 heteroatoms. The van der Waals surface area contributed by atoms with Crippen molar-refractivity contribution < 1.29 is 14.3 Å². The van der Waals surface area contributed by atoms with Crippen LogP contribution in [0.25, 0.3) is 0 Å². The molecule has 0 unspecified atom stereocenters. The molecule has 1 rings (SSSR count). The van der Waals surface area contributed by atoms with Crippen LogP contribution in [0.15, 0.2) is 24.3 Å². The van der Waals surface area contributed by atoms with Crippen LogP contribution in [0, 0.1) is 5.41 Å². The van der Waals surface area contributed by atoms with Gasteiger partial charge >= 0.3 is 5.97 Å². The molecule has 0 aromatic heterocycles. The van der Waals surface area contributed by atoms with Crippen molar-refractivity contribution in [3.05, 3.63) is 29.8 Å². The maximum Gasteiger partial charge on any atom is 0.313 e. The van der Waals surface area contributed by atoms with Gasteiger partial charge in [0.05, 0.1) is 12.5 Å². The summed E-state index contributed by atoms with van der Waals surface area (Å²) >= 11 is 0. The van der Waals surface area contributed by atoms with E-state index in [2.05, 4.69) is 5.32 Å². The molecular weight excluding hydrogens is 230 g/mol. The Labute approximate surface area is 107 Å². The largest absolute Gasteiger partial charge is 0.469 e. The van der Waals surface area contributed by atoms with Crippen LogP contribution in [-0.2, 0) is 9.53 Å². The SMILES string of the molecule is COC(=O)C(C)(C)CNc1ccc(C(C)=O)cc1. The van der Waals surface area contributed by atoms with E-state index in [-0.39, 0.29) is 11.8 Å². The second-order valence-electron chi connectivity index (χ2n) is 4.86. The fourth-order valence-electron chi connectivity index (χ4n) is 1.49. The normalized spacial score (nSPS) is 10.9. The Morgan fingerprint density at radius 3 is 2.22 bits per heavy atom. The van der Waals surface area contributed by atoms with Crippen molar-refractivity contribution in [3.63, 3.8) is 0 Å². The lowest BCUT2D eigenvalue weighted by molar-refractivity contribution is -0.149. The molecule has 0 aliphatic rings. The highest BCUT2D eigenvalue weighted by atomic mass is 16.5. The number of benzene rings is 1. The summed E-state index contributed by atoms with van der Waals surface area (Å²) in [4.78, 5) is 22.6. The average molecular weight is 249 g/mol. The number of esters is 1. The summed E-state index contributed by atoms with van der Waals surface area (Å²) in [6.07, 6.45) is 0. The minimum absolute atomic E-state index is 0.0384. The minimum atomic E-state index is -0.589. The van der Waals surface area contributed by atoms with Gasteiger partial charge in [-0.1, -0.05) is 0 Å². The Hall–Kier alpha value is -1.84. The van der Waals surface area contributed by atoms with Crippen molar-refractivity contribution in [1.29, 1.82) is 0 Å². The fourth-order valence-corrected chi connectivity index (χ4v) is 1.49. The summed E-state index contributed by atoms with van der Waals surface area (Å²) in [7, 11) is 1.38. The number of hydrogen-bond acceptors (Lipinski definition) is 4. The van der Waals surface area contributed by atoms with Crippen LogP contribution in [0.1, 0.15) is 31.1 Å². The third kappa shape index (κ3) is 3.58. The zero-order valence-corrected chi connectivity index (χ0v) is 11.2. The Morgan fingerprint density at radius 2 is 1.78 bits per heavy atom. The Balaban J connectivity index is 2.64. The van der Waals surface area contributed by atoms with Gasteiger partial charge in [-0.25, -0.2) is 0 Å². The minimum Gasteiger partial charge on any atom is -0.469 e. The van der Waals surface area contributed by atoms with E-state index in [1.165, 1.54) is 14.0 Å². The summed E-state index contributed by atoms with van der Waals surface area (Å²) in [6, 6.07) is 7.17. The molecule has 0 spiro atoms. The van der Waals surface area contributed by atoms with E-state index in [0.29, 0.717) is 12.1 Å². The molecule has 1 aromatic carbocycles. The van der Waals surface area contributed by atoms with Crippen molar-refractivity contribution >= 4 is 17.4 Å². The Bertz CT molecular complexity index is 435. The standard InChI is InChI=1S/C14H19NO3/c1-10(16)11-5-7-12(8-6-11)15-9-14(2,3)13(17)18-4/h5-8,15H,9H2,1-4H3. The van der Waals surface area contributed by atoms with Gasteiger partial charge in [0.15, 0.2) is 5.78 Å². The number of ether oxygens (including phenoxy) is 1. The van der Waals surface area contributed by atoms with Crippen molar-refractivity contribution in [1.82, 2.24) is 0 Å². The van der Waals surface area contributed by atoms with E-state index in [4.69, 9.17) is 4.74 Å². The van der Waals surface area contributed by atoms with Gasteiger partial charge in [0.2, 0.25) is 0 Å². The number of Topliss-reactive ketones (excluding diaryl/α,β-unsaturated/α-hetero) is 1. The van der Waals surface area contributed by atoms with Gasteiger partial charge in [0.25, 0.3) is 0 Å². The zero-order chi connectivity index (χ0) is 13.8. The van der Waals surface area contributed by atoms with Gasteiger partial charge < -0.3 is 10.1 Å². The van der Waals surface area contributed by atoms with Gasteiger partial charge in [0, 0.05) is 17.8 Å². The molecule has 0 saturated carbocycles. The molecule has 4 nitrogen and oxygen atoms in total. The van der Waals surface area contributed by atoms with Gasteiger partial charge in [0.1, 0.15) is 0 Å². The summed E-state index contributed by atoms with van der Waals surface area (Å²) in [5.74, 6) is -0.216. The molecule has 98 valence electrons. The molecule has 0 aliphatic heterocycles. The summed E-state index contributed by atoms with van der Waals surface area (Å²) in [5, 5.41) is 3.15. The molecule has 18 heavy (non-hydrogen) atoms. The number of nitrogens with one attached hydrogen (secondary N) is 1. The number of methoxy groups -OCH3 is 1. The van der Waals surface area contributed by atoms with Crippen LogP contribution in [0.3, 0.4) is 0 Å². The smallest absolute Gasteiger partial charge is 0.313 e. The van der Waals surface area contributed by atoms with Gasteiger partial charge in [-0.3, -0.25) is 9.59 Å². The molecule has 0 aliphatic carbocycles. The number of anilines is 1. The van der Waals surface area contributed by atoms with Crippen LogP contribution < -0.4 is 5.32 Å². The first kappa shape index (κ1) is 14.2. The lowest BCUT2D eigenvalue weighted by Crippen LogP contribution is -2.33. The lowest BCUT2D eigenvalue weighted by atomic mass is 9.93. The monoisotopic (exact) mass is 249 g/mol. The van der Waals surface area contributed by atoms with Crippen LogP contribution in [0.5, 0.6) is 0 Å². The van der Waals surface area contributed by atoms with Crippen LogP contribution in [0.4, 0.5) is 5.69 Å². The average Bonchev–Trinajstić information content (AvgIpc) is 2.35.